The van der Waals surface area contributed by atoms with Gasteiger partial charge in [-0.05, 0) is 37.7 Å². The highest BCUT2D eigenvalue weighted by Crippen LogP contribution is 2.28. The molecule has 0 aromatic carbocycles. The highest BCUT2D eigenvalue weighted by molar-refractivity contribution is 5.76. The molecule has 0 unspecified atom stereocenters. The zero-order valence-electron chi connectivity index (χ0n) is 14.1. The second-order valence-electron chi connectivity index (χ2n) is 7.02. The van der Waals surface area contributed by atoms with Gasteiger partial charge in [0.05, 0.1) is 12.1 Å². The molecule has 1 aromatic rings. The molecule has 2 fully saturated rings. The molecule has 3 atom stereocenters. The molecule has 0 radical (unpaired) electrons. The second-order valence-corrected chi connectivity index (χ2v) is 7.02. The van der Waals surface area contributed by atoms with Gasteiger partial charge in [0, 0.05) is 31.9 Å². The molecule has 1 saturated carbocycles. The maximum atomic E-state index is 12.7. The Hall–Kier alpha value is -2.05. The summed E-state index contributed by atoms with van der Waals surface area (Å²) in [6.07, 6.45) is 10.3. The van der Waals surface area contributed by atoms with Crippen LogP contribution in [0.15, 0.2) is 18.5 Å². The number of likely N-dealkylation sites (tertiary alicyclic amines) is 1. The van der Waals surface area contributed by atoms with E-state index in [1.807, 2.05) is 21.8 Å². The number of primary amides is 1. The average molecular weight is 333 g/mol. The van der Waals surface area contributed by atoms with Gasteiger partial charge in [-0.1, -0.05) is 12.8 Å². The van der Waals surface area contributed by atoms with Gasteiger partial charge >= 0.3 is 6.03 Å². The van der Waals surface area contributed by atoms with Crippen molar-refractivity contribution in [1.82, 2.24) is 20.0 Å². The van der Waals surface area contributed by atoms with Crippen molar-refractivity contribution in [3.8, 4) is 0 Å². The molecule has 1 saturated heterocycles. The Morgan fingerprint density at radius 3 is 2.79 bits per heavy atom. The fourth-order valence-electron chi connectivity index (χ4n) is 4.02. The zero-order valence-corrected chi connectivity index (χ0v) is 14.1. The number of urea groups is 1. The number of nitrogens with one attached hydrogen (secondary N) is 1. The third-order valence-electron chi connectivity index (χ3n) is 5.20. The van der Waals surface area contributed by atoms with Gasteiger partial charge in [0.1, 0.15) is 0 Å². The smallest absolute Gasteiger partial charge is 0.317 e. The van der Waals surface area contributed by atoms with Gasteiger partial charge in [-0.3, -0.25) is 9.48 Å². The summed E-state index contributed by atoms with van der Waals surface area (Å²) in [7, 11) is 0. The van der Waals surface area contributed by atoms with Crippen molar-refractivity contribution < 1.29 is 9.59 Å². The molecule has 7 heteroatoms. The van der Waals surface area contributed by atoms with Crippen molar-refractivity contribution in [2.75, 3.05) is 13.1 Å². The van der Waals surface area contributed by atoms with Crippen molar-refractivity contribution in [2.24, 2.45) is 11.7 Å². The molecule has 1 aliphatic heterocycles. The number of piperidine rings is 1. The van der Waals surface area contributed by atoms with Crippen LogP contribution < -0.4 is 11.1 Å². The first-order valence-corrected chi connectivity index (χ1v) is 8.96. The van der Waals surface area contributed by atoms with E-state index in [-0.39, 0.29) is 29.9 Å². The van der Waals surface area contributed by atoms with E-state index in [4.69, 9.17) is 5.73 Å². The molecule has 132 valence electrons. The van der Waals surface area contributed by atoms with Gasteiger partial charge in [-0.15, -0.1) is 0 Å². The number of carbonyl (C=O) groups is 2. The van der Waals surface area contributed by atoms with Crippen LogP contribution in [0.2, 0.25) is 0 Å². The molecular weight excluding hydrogens is 306 g/mol. The Kier molecular flexibility index (Phi) is 5.37. The summed E-state index contributed by atoms with van der Waals surface area (Å²) in [5.41, 5.74) is 5.30. The SMILES string of the molecule is NC(=O)C[C@@H]1CCCN(C(=O)N[C@@H]2CCCC[C@H]2n2cccn2)C1. The predicted octanol–water partition coefficient (Wildman–Crippen LogP) is 1.66. The Morgan fingerprint density at radius 2 is 2.04 bits per heavy atom. The summed E-state index contributed by atoms with van der Waals surface area (Å²) >= 11 is 0. The summed E-state index contributed by atoms with van der Waals surface area (Å²) in [5.74, 6) is -0.0939. The molecule has 7 nitrogen and oxygen atoms in total. The summed E-state index contributed by atoms with van der Waals surface area (Å²) < 4.78 is 1.97. The molecule has 2 heterocycles. The van der Waals surface area contributed by atoms with Gasteiger partial charge in [-0.2, -0.15) is 5.10 Å². The minimum atomic E-state index is -0.284. The molecule has 1 aromatic heterocycles. The lowest BCUT2D eigenvalue weighted by atomic mass is 9.90. The van der Waals surface area contributed by atoms with Crippen LogP contribution in [0.25, 0.3) is 0 Å². The number of nitrogens with two attached hydrogens (primary N) is 1. The first-order chi connectivity index (χ1) is 11.6. The normalized spacial score (nSPS) is 27.7. The third kappa shape index (κ3) is 4.07. The lowest BCUT2D eigenvalue weighted by molar-refractivity contribution is -0.119. The number of hydrogen-bond acceptors (Lipinski definition) is 3. The summed E-state index contributed by atoms with van der Waals surface area (Å²) in [4.78, 5) is 25.6. The topological polar surface area (TPSA) is 93.3 Å². The van der Waals surface area contributed by atoms with Crippen LogP contribution in [0.1, 0.15) is 51.0 Å². The van der Waals surface area contributed by atoms with Crippen LogP contribution in [0, 0.1) is 5.92 Å². The van der Waals surface area contributed by atoms with Crippen LogP contribution in [-0.2, 0) is 4.79 Å². The molecule has 3 rings (SSSR count). The van der Waals surface area contributed by atoms with E-state index in [1.165, 1.54) is 6.42 Å². The van der Waals surface area contributed by atoms with Crippen molar-refractivity contribution in [3.05, 3.63) is 18.5 Å². The first-order valence-electron chi connectivity index (χ1n) is 8.96. The maximum Gasteiger partial charge on any atom is 0.317 e. The molecule has 24 heavy (non-hydrogen) atoms. The fourth-order valence-corrected chi connectivity index (χ4v) is 4.02. The first kappa shape index (κ1) is 16.8. The molecule has 2 aliphatic rings. The number of rotatable bonds is 4. The lowest BCUT2D eigenvalue weighted by Gasteiger charge is -2.37. The summed E-state index contributed by atoms with van der Waals surface area (Å²) in [6, 6.07) is 2.24. The molecule has 3 N–H and O–H groups in total. The van der Waals surface area contributed by atoms with Crippen LogP contribution in [0.3, 0.4) is 0 Å². The lowest BCUT2D eigenvalue weighted by Crippen LogP contribution is -2.51. The minimum Gasteiger partial charge on any atom is -0.370 e. The van der Waals surface area contributed by atoms with E-state index in [1.54, 1.807) is 6.20 Å². The second kappa shape index (κ2) is 7.68. The average Bonchev–Trinajstić information content (AvgIpc) is 3.09. The monoisotopic (exact) mass is 333 g/mol. The molecule has 0 bridgehead atoms. The number of amides is 3. The van der Waals surface area contributed by atoms with Gasteiger partial charge in [0.25, 0.3) is 0 Å². The van der Waals surface area contributed by atoms with E-state index < -0.39 is 0 Å². The van der Waals surface area contributed by atoms with E-state index in [9.17, 15) is 9.59 Å². The molecular formula is C17H27N5O2. The molecule has 3 amide bonds. The minimum absolute atomic E-state index is 0.0202. The van der Waals surface area contributed by atoms with Gasteiger partial charge in [0.15, 0.2) is 0 Å². The zero-order chi connectivity index (χ0) is 16.9. The largest absolute Gasteiger partial charge is 0.370 e. The van der Waals surface area contributed by atoms with Crippen LogP contribution in [0.4, 0.5) is 4.79 Å². The number of nitrogens with zero attached hydrogens (tertiary/aromatic N) is 3. The molecule has 1 aliphatic carbocycles. The number of carbonyl (C=O) groups excluding carboxylic acids is 2. The Labute approximate surface area is 142 Å². The standard InChI is InChI=1S/C17H27N5O2/c18-16(23)11-13-5-3-9-21(12-13)17(24)20-14-6-1-2-7-15(14)22-10-4-8-19-22/h4,8,10,13-15H,1-3,5-7,9,11-12H2,(H2,18,23)(H,20,24)/t13-,14+,15+/m0/s1. The molecule has 0 spiro atoms. The van der Waals surface area contributed by atoms with Crippen LogP contribution in [-0.4, -0.2) is 45.8 Å². The highest BCUT2D eigenvalue weighted by Gasteiger charge is 2.31. The van der Waals surface area contributed by atoms with E-state index in [2.05, 4.69) is 10.4 Å². The number of aromatic nitrogens is 2. The van der Waals surface area contributed by atoms with Crippen LogP contribution >= 0.6 is 0 Å². The van der Waals surface area contributed by atoms with Crippen molar-refractivity contribution in [2.45, 2.75) is 57.0 Å². The van der Waals surface area contributed by atoms with E-state index >= 15 is 0 Å². The number of hydrogen-bond donors (Lipinski definition) is 2. The van der Waals surface area contributed by atoms with Gasteiger partial charge < -0.3 is 16.0 Å². The van der Waals surface area contributed by atoms with E-state index in [0.717, 1.165) is 38.6 Å². The van der Waals surface area contributed by atoms with Gasteiger partial charge in [0.2, 0.25) is 5.91 Å². The predicted molar refractivity (Wildman–Crippen MR) is 90.2 cm³/mol. The quantitative estimate of drug-likeness (QED) is 0.877. The van der Waals surface area contributed by atoms with Crippen LogP contribution in [0.5, 0.6) is 0 Å². The maximum absolute atomic E-state index is 12.7. The van der Waals surface area contributed by atoms with Gasteiger partial charge in [-0.25, -0.2) is 4.79 Å². The third-order valence-corrected chi connectivity index (χ3v) is 5.20. The van der Waals surface area contributed by atoms with Crippen molar-refractivity contribution in [1.29, 1.82) is 0 Å². The summed E-state index contributed by atoms with van der Waals surface area (Å²) in [6.45, 7) is 1.37. The Balaban J connectivity index is 1.59. The Bertz CT molecular complexity index is 559. The summed E-state index contributed by atoms with van der Waals surface area (Å²) in [5, 5.41) is 7.57. The van der Waals surface area contributed by atoms with Crippen molar-refractivity contribution >= 4 is 11.9 Å². The van der Waals surface area contributed by atoms with Crippen molar-refractivity contribution in [3.63, 3.8) is 0 Å². The Morgan fingerprint density at radius 1 is 1.21 bits per heavy atom. The highest BCUT2D eigenvalue weighted by atomic mass is 16.2. The fraction of sp³-hybridized carbons (Fsp3) is 0.706. The van der Waals surface area contributed by atoms with E-state index in [0.29, 0.717) is 13.0 Å².